The van der Waals surface area contributed by atoms with E-state index in [1.165, 1.54) is 0 Å². The molecule has 0 saturated carbocycles. The maximum atomic E-state index is 12.2. The fourth-order valence-corrected chi connectivity index (χ4v) is 4.10. The normalized spacial score (nSPS) is 15.2. The minimum atomic E-state index is -0.523. The molecule has 0 radical (unpaired) electrons. The largest absolute Gasteiger partial charge is 0.444 e. The maximum Gasteiger partial charge on any atom is 0.410 e. The number of nitrogens with one attached hydrogen (secondary N) is 1. The first-order valence-corrected chi connectivity index (χ1v) is 11.0. The summed E-state index contributed by atoms with van der Waals surface area (Å²) in [5, 5.41) is 15.7. The van der Waals surface area contributed by atoms with Crippen LogP contribution in [0.2, 0.25) is 10.2 Å². The third kappa shape index (κ3) is 5.89. The molecular weight excluding hydrogens is 443 g/mol. The van der Waals surface area contributed by atoms with Gasteiger partial charge in [0.15, 0.2) is 0 Å². The Bertz CT molecular complexity index is 985. The predicted molar refractivity (Wildman–Crippen MR) is 122 cm³/mol. The van der Waals surface area contributed by atoms with Gasteiger partial charge in [-0.25, -0.2) is 9.78 Å². The number of rotatable bonds is 5. The van der Waals surface area contributed by atoms with E-state index in [-0.39, 0.29) is 16.9 Å². The summed E-state index contributed by atoms with van der Waals surface area (Å²) in [4.78, 5) is 29.1. The average Bonchev–Trinajstić information content (AvgIpc) is 2.66. The number of amides is 1. The van der Waals surface area contributed by atoms with Crippen molar-refractivity contribution >= 4 is 51.6 Å². The van der Waals surface area contributed by atoms with Gasteiger partial charge in [-0.15, -0.1) is 0 Å². The van der Waals surface area contributed by atoms with Gasteiger partial charge in [0, 0.05) is 30.0 Å². The highest BCUT2D eigenvalue weighted by molar-refractivity contribution is 6.33. The van der Waals surface area contributed by atoms with Crippen molar-refractivity contribution in [1.29, 1.82) is 0 Å². The number of pyridine rings is 1. The molecule has 0 bridgehead atoms. The van der Waals surface area contributed by atoms with Crippen molar-refractivity contribution in [2.45, 2.75) is 45.6 Å². The summed E-state index contributed by atoms with van der Waals surface area (Å²) in [5.41, 5.74) is 0.0983. The van der Waals surface area contributed by atoms with Gasteiger partial charge in [0.2, 0.25) is 5.15 Å². The summed E-state index contributed by atoms with van der Waals surface area (Å²) < 4.78 is 5.43. The monoisotopic (exact) mass is 468 g/mol. The van der Waals surface area contributed by atoms with E-state index in [2.05, 4.69) is 10.3 Å². The van der Waals surface area contributed by atoms with Crippen LogP contribution < -0.4 is 5.32 Å². The van der Waals surface area contributed by atoms with Crippen molar-refractivity contribution in [3.05, 3.63) is 38.5 Å². The zero-order valence-electron chi connectivity index (χ0n) is 17.8. The second kappa shape index (κ2) is 9.44. The predicted octanol–water partition coefficient (Wildman–Crippen LogP) is 5.90. The number of fused-ring (bicyclic) bond motifs is 1. The lowest BCUT2D eigenvalue weighted by Gasteiger charge is -2.33. The van der Waals surface area contributed by atoms with Gasteiger partial charge in [-0.2, -0.15) is 0 Å². The van der Waals surface area contributed by atoms with Crippen LogP contribution in [0.25, 0.3) is 10.9 Å². The Balaban J connectivity index is 1.63. The molecule has 31 heavy (non-hydrogen) atoms. The van der Waals surface area contributed by atoms with E-state index in [9.17, 15) is 14.9 Å². The van der Waals surface area contributed by atoms with E-state index in [1.807, 2.05) is 20.8 Å². The highest BCUT2D eigenvalue weighted by Gasteiger charge is 2.27. The highest BCUT2D eigenvalue weighted by Crippen LogP contribution is 2.38. The minimum Gasteiger partial charge on any atom is -0.444 e. The maximum absolute atomic E-state index is 12.2. The van der Waals surface area contributed by atoms with Gasteiger partial charge in [0.05, 0.1) is 10.4 Å². The standard InChI is InChI=1S/C21H26Cl2N4O4/c1-21(2,3)31-20(28)26-10-7-13(8-11-26)6-9-24-17-15-5-4-14(22)12-16(15)25-19(23)18(17)27(29)30/h4-5,12-13H,6-11H2,1-3H3,(H,24,25). The Hall–Kier alpha value is -2.32. The molecule has 2 aromatic rings. The molecule has 1 aromatic heterocycles. The Kier molecular flexibility index (Phi) is 7.11. The van der Waals surface area contributed by atoms with Crippen LogP contribution in [-0.2, 0) is 4.74 Å². The summed E-state index contributed by atoms with van der Waals surface area (Å²) in [6, 6.07) is 5.00. The third-order valence-corrected chi connectivity index (χ3v) is 5.68. The molecule has 8 nitrogen and oxygen atoms in total. The van der Waals surface area contributed by atoms with Crippen molar-refractivity contribution in [3.8, 4) is 0 Å². The minimum absolute atomic E-state index is 0.173. The number of hydrogen-bond donors (Lipinski definition) is 1. The van der Waals surface area contributed by atoms with E-state index in [0.717, 1.165) is 19.3 Å². The second-order valence-corrected chi connectivity index (χ2v) is 9.47. The summed E-state index contributed by atoms with van der Waals surface area (Å²) >= 11 is 12.1. The van der Waals surface area contributed by atoms with Gasteiger partial charge in [-0.3, -0.25) is 10.1 Å². The van der Waals surface area contributed by atoms with E-state index >= 15 is 0 Å². The molecular formula is C21H26Cl2N4O4. The first kappa shape index (κ1) is 23.3. The topological polar surface area (TPSA) is 97.6 Å². The van der Waals surface area contributed by atoms with Crippen LogP contribution in [0.5, 0.6) is 0 Å². The first-order valence-electron chi connectivity index (χ1n) is 10.2. The van der Waals surface area contributed by atoms with Gasteiger partial charge < -0.3 is 15.0 Å². The number of benzene rings is 1. The van der Waals surface area contributed by atoms with E-state index in [1.54, 1.807) is 23.1 Å². The number of likely N-dealkylation sites (tertiary alicyclic amines) is 1. The lowest BCUT2D eigenvalue weighted by molar-refractivity contribution is -0.384. The van der Waals surface area contributed by atoms with Gasteiger partial charge in [0.1, 0.15) is 11.3 Å². The van der Waals surface area contributed by atoms with Crippen LogP contribution in [0, 0.1) is 16.0 Å². The summed E-state index contributed by atoms with van der Waals surface area (Å²) in [7, 11) is 0. The summed E-state index contributed by atoms with van der Waals surface area (Å²) in [6.45, 7) is 7.38. The zero-order valence-corrected chi connectivity index (χ0v) is 19.3. The molecule has 0 unspecified atom stereocenters. The Morgan fingerprint density at radius 3 is 2.61 bits per heavy atom. The number of hydrogen-bond acceptors (Lipinski definition) is 6. The van der Waals surface area contributed by atoms with E-state index in [4.69, 9.17) is 27.9 Å². The molecule has 1 N–H and O–H groups in total. The Morgan fingerprint density at radius 2 is 2.00 bits per heavy atom. The zero-order chi connectivity index (χ0) is 22.8. The molecule has 1 aliphatic heterocycles. The molecule has 1 fully saturated rings. The van der Waals surface area contributed by atoms with Crippen molar-refractivity contribution in [2.24, 2.45) is 5.92 Å². The SMILES string of the molecule is CC(C)(C)OC(=O)N1CCC(CCNc2c([N+](=O)[O-])c(Cl)nc3cc(Cl)ccc23)CC1. The number of carbonyl (C=O) groups is 1. The van der Waals surface area contributed by atoms with Crippen LogP contribution in [0.3, 0.4) is 0 Å². The van der Waals surface area contributed by atoms with Crippen molar-refractivity contribution in [2.75, 3.05) is 25.0 Å². The molecule has 2 heterocycles. The van der Waals surface area contributed by atoms with Gasteiger partial charge in [0.25, 0.3) is 0 Å². The molecule has 0 aliphatic carbocycles. The fraction of sp³-hybridized carbons (Fsp3) is 0.524. The number of piperidine rings is 1. The van der Waals surface area contributed by atoms with Crippen LogP contribution in [0.4, 0.5) is 16.2 Å². The number of halogens is 2. The summed E-state index contributed by atoms with van der Waals surface area (Å²) in [6.07, 6.45) is 2.25. The highest BCUT2D eigenvalue weighted by atomic mass is 35.5. The number of nitrogens with zero attached hydrogens (tertiary/aromatic N) is 3. The lowest BCUT2D eigenvalue weighted by Crippen LogP contribution is -2.41. The average molecular weight is 469 g/mol. The quantitative estimate of drug-likeness (QED) is 0.333. The fourth-order valence-electron chi connectivity index (χ4n) is 3.68. The third-order valence-electron chi connectivity index (χ3n) is 5.18. The van der Waals surface area contributed by atoms with Crippen LogP contribution in [-0.4, -0.2) is 46.1 Å². The van der Waals surface area contributed by atoms with Crippen LogP contribution in [0.15, 0.2) is 18.2 Å². The van der Waals surface area contributed by atoms with Gasteiger partial charge in [-0.05, 0) is 64.2 Å². The number of anilines is 1. The number of carbonyl (C=O) groups excluding carboxylic acids is 1. The molecule has 1 saturated heterocycles. The van der Waals surface area contributed by atoms with Crippen LogP contribution in [0.1, 0.15) is 40.0 Å². The molecule has 0 spiro atoms. The van der Waals surface area contributed by atoms with Crippen molar-refractivity contribution in [1.82, 2.24) is 9.88 Å². The smallest absolute Gasteiger partial charge is 0.410 e. The Labute approximate surface area is 191 Å². The molecule has 1 aliphatic rings. The van der Waals surface area contributed by atoms with Crippen molar-refractivity contribution in [3.63, 3.8) is 0 Å². The first-order chi connectivity index (χ1) is 14.5. The van der Waals surface area contributed by atoms with Crippen LogP contribution >= 0.6 is 23.2 Å². The molecule has 168 valence electrons. The lowest BCUT2D eigenvalue weighted by atomic mass is 9.93. The van der Waals surface area contributed by atoms with E-state index in [0.29, 0.717) is 47.2 Å². The van der Waals surface area contributed by atoms with Gasteiger partial charge in [-0.1, -0.05) is 23.2 Å². The van der Waals surface area contributed by atoms with Crippen molar-refractivity contribution < 1.29 is 14.5 Å². The molecule has 0 atom stereocenters. The second-order valence-electron chi connectivity index (χ2n) is 8.67. The molecule has 3 rings (SSSR count). The van der Waals surface area contributed by atoms with E-state index < -0.39 is 10.5 Å². The number of ether oxygens (including phenoxy) is 1. The Morgan fingerprint density at radius 1 is 1.32 bits per heavy atom. The summed E-state index contributed by atoms with van der Waals surface area (Å²) in [5.74, 6) is 0.406. The molecule has 1 aromatic carbocycles. The number of aromatic nitrogens is 1. The van der Waals surface area contributed by atoms with Gasteiger partial charge >= 0.3 is 11.8 Å². The number of nitro groups is 1. The molecule has 10 heteroatoms. The molecule has 1 amide bonds.